The lowest BCUT2D eigenvalue weighted by molar-refractivity contribution is 1.05. The first-order valence-electron chi connectivity index (χ1n) is 23.7. The number of rotatable bonds is 8. The molecule has 1 aliphatic rings. The second-order valence-corrected chi connectivity index (χ2v) is 18.0. The van der Waals surface area contributed by atoms with Crippen LogP contribution < -0.4 is 0 Å². The Balaban J connectivity index is 0.853. The Hall–Kier alpha value is -8.72. The number of hydrogen-bond acceptors (Lipinski definition) is 0. The molecule has 68 heavy (non-hydrogen) atoms. The van der Waals surface area contributed by atoms with Gasteiger partial charge in [-0.2, -0.15) is 0 Å². The van der Waals surface area contributed by atoms with E-state index in [2.05, 4.69) is 264 Å². The van der Waals surface area contributed by atoms with Crippen LogP contribution in [0.3, 0.4) is 0 Å². The van der Waals surface area contributed by atoms with Crippen molar-refractivity contribution in [1.29, 1.82) is 0 Å². The summed E-state index contributed by atoms with van der Waals surface area (Å²) in [6.45, 7) is 0. The molecule has 0 saturated heterocycles. The first-order valence-corrected chi connectivity index (χ1v) is 23.7. The Morgan fingerprint density at radius 1 is 0.265 bits per heavy atom. The summed E-state index contributed by atoms with van der Waals surface area (Å²) in [7, 11) is 0. The van der Waals surface area contributed by atoms with Crippen LogP contribution >= 0.6 is 0 Å². The third-order valence-electron chi connectivity index (χ3n) is 14.0. The molecule has 2 nitrogen and oxygen atoms in total. The summed E-state index contributed by atoms with van der Waals surface area (Å²) < 4.78 is 4.83. The summed E-state index contributed by atoms with van der Waals surface area (Å²) in [5, 5.41) is 4.98. The molecule has 0 bridgehead atoms. The first-order chi connectivity index (χ1) is 33.7. The van der Waals surface area contributed by atoms with Crippen LogP contribution in [-0.4, -0.2) is 9.13 Å². The number of aromatic nitrogens is 2. The van der Waals surface area contributed by atoms with E-state index in [1.165, 1.54) is 110 Å². The second kappa shape index (κ2) is 16.6. The maximum atomic E-state index is 2.42. The number of allylic oxidation sites excluding steroid dienone is 4. The van der Waals surface area contributed by atoms with Crippen LogP contribution in [0.25, 0.3) is 116 Å². The quantitative estimate of drug-likeness (QED) is 0.144. The van der Waals surface area contributed by atoms with E-state index in [1.54, 1.807) is 0 Å². The van der Waals surface area contributed by atoms with Gasteiger partial charge in [-0.25, -0.2) is 0 Å². The zero-order chi connectivity index (χ0) is 45.0. The molecule has 12 aromatic rings. The second-order valence-electron chi connectivity index (χ2n) is 18.0. The van der Waals surface area contributed by atoms with Crippen LogP contribution in [0.15, 0.2) is 255 Å². The third kappa shape index (κ3) is 6.98. The van der Waals surface area contributed by atoms with Gasteiger partial charge in [-0.15, -0.1) is 0 Å². The summed E-state index contributed by atoms with van der Waals surface area (Å²) in [6, 6.07) is 87.1. The highest BCUT2D eigenvalue weighted by atomic mass is 15.0. The van der Waals surface area contributed by atoms with Crippen molar-refractivity contribution in [3.63, 3.8) is 0 Å². The van der Waals surface area contributed by atoms with Gasteiger partial charge >= 0.3 is 0 Å². The molecule has 0 N–H and O–H groups in total. The number of para-hydroxylation sites is 2. The number of fused-ring (bicyclic) bond motifs is 6. The van der Waals surface area contributed by atoms with Crippen molar-refractivity contribution in [3.8, 4) is 67.0 Å². The summed E-state index contributed by atoms with van der Waals surface area (Å²) in [6.07, 6.45) is 8.88. The van der Waals surface area contributed by atoms with Crippen molar-refractivity contribution < 1.29 is 0 Å². The Morgan fingerprint density at radius 3 is 1.15 bits per heavy atom. The number of benzene rings is 10. The van der Waals surface area contributed by atoms with E-state index >= 15 is 0 Å². The fourth-order valence-corrected chi connectivity index (χ4v) is 10.6. The average molecular weight is 867 g/mol. The standard InChI is InChI=1S/C66H46N2/c1-4-15-45(16-5-1)50-21-14-22-51(39-50)48-27-33-57(34-28-48)67-63-25-12-10-23-59(63)61-43-52(31-37-65(61)67)53-32-38-66-62(44-53)60-24-11-13-26-64(60)68(66)58-35-29-49(30-36-58)56-41-54(46-17-6-2-7-18-46)40-55(42-56)47-19-8-3-9-20-47/h1-4,6-15,17-44H,5,16H2. The van der Waals surface area contributed by atoms with Crippen molar-refractivity contribution in [2.24, 2.45) is 0 Å². The summed E-state index contributed by atoms with van der Waals surface area (Å²) in [5.41, 5.74) is 21.9. The highest BCUT2D eigenvalue weighted by Crippen LogP contribution is 2.40. The lowest BCUT2D eigenvalue weighted by Crippen LogP contribution is -1.94. The molecule has 0 radical (unpaired) electrons. The van der Waals surface area contributed by atoms with Gasteiger partial charge in [0.05, 0.1) is 22.1 Å². The monoisotopic (exact) mass is 866 g/mol. The minimum absolute atomic E-state index is 1.09. The van der Waals surface area contributed by atoms with Crippen LogP contribution in [-0.2, 0) is 0 Å². The molecule has 2 heteroatoms. The molecule has 10 aromatic carbocycles. The van der Waals surface area contributed by atoms with Gasteiger partial charge in [0.2, 0.25) is 0 Å². The van der Waals surface area contributed by atoms with Gasteiger partial charge in [0.1, 0.15) is 0 Å². The maximum Gasteiger partial charge on any atom is 0.0541 e. The molecule has 0 atom stereocenters. The fraction of sp³-hybridized carbons (Fsp3) is 0.0303. The molecule has 0 saturated carbocycles. The van der Waals surface area contributed by atoms with Gasteiger partial charge in [-0.3, -0.25) is 0 Å². The van der Waals surface area contributed by atoms with E-state index in [-0.39, 0.29) is 0 Å². The SMILES string of the molecule is C1=CCCC(c2cccc(-c3ccc(-n4c5ccccc5c5cc(-c6ccc7c(c6)c6ccccc6n7-c6ccc(-c7cc(-c8ccccc8)cc(-c8ccccc8)c7)cc6)ccc54)cc3)c2)=C1. The lowest BCUT2D eigenvalue weighted by Gasteiger charge is -2.13. The Morgan fingerprint density at radius 2 is 0.647 bits per heavy atom. The van der Waals surface area contributed by atoms with Crippen LogP contribution in [0.5, 0.6) is 0 Å². The summed E-state index contributed by atoms with van der Waals surface area (Å²) in [4.78, 5) is 0. The zero-order valence-electron chi connectivity index (χ0n) is 37.6. The third-order valence-corrected chi connectivity index (χ3v) is 14.0. The number of nitrogens with zero attached hydrogens (tertiary/aromatic N) is 2. The van der Waals surface area contributed by atoms with Gasteiger partial charge in [0.15, 0.2) is 0 Å². The fourth-order valence-electron chi connectivity index (χ4n) is 10.6. The average Bonchev–Trinajstić information content (AvgIpc) is 3.94. The molecule has 0 aliphatic heterocycles. The predicted molar refractivity (Wildman–Crippen MR) is 289 cm³/mol. The topological polar surface area (TPSA) is 9.86 Å². The van der Waals surface area contributed by atoms with Crippen molar-refractivity contribution in [3.05, 3.63) is 260 Å². The Bertz CT molecular complexity index is 3860. The van der Waals surface area contributed by atoms with Gasteiger partial charge in [0, 0.05) is 32.9 Å². The Labute approximate surface area is 396 Å². The maximum absolute atomic E-state index is 2.42. The molecule has 0 spiro atoms. The van der Waals surface area contributed by atoms with E-state index < -0.39 is 0 Å². The Kier molecular flexibility index (Phi) is 9.68. The molecule has 2 heterocycles. The minimum Gasteiger partial charge on any atom is -0.309 e. The molecule has 0 unspecified atom stereocenters. The van der Waals surface area contributed by atoms with E-state index in [9.17, 15) is 0 Å². The van der Waals surface area contributed by atoms with Crippen molar-refractivity contribution in [1.82, 2.24) is 9.13 Å². The van der Waals surface area contributed by atoms with E-state index in [4.69, 9.17) is 0 Å². The number of hydrogen-bond donors (Lipinski definition) is 0. The first kappa shape index (κ1) is 39.6. The highest BCUT2D eigenvalue weighted by Gasteiger charge is 2.17. The molecular weight excluding hydrogens is 821 g/mol. The van der Waals surface area contributed by atoms with E-state index in [0.29, 0.717) is 0 Å². The minimum atomic E-state index is 1.09. The normalized spacial score (nSPS) is 12.6. The van der Waals surface area contributed by atoms with Crippen LogP contribution in [0.2, 0.25) is 0 Å². The van der Waals surface area contributed by atoms with Crippen LogP contribution in [0, 0.1) is 0 Å². The van der Waals surface area contributed by atoms with Gasteiger partial charge in [0.25, 0.3) is 0 Å². The largest absolute Gasteiger partial charge is 0.309 e. The molecule has 320 valence electrons. The van der Waals surface area contributed by atoms with E-state index in [1.807, 2.05) is 0 Å². The van der Waals surface area contributed by atoms with E-state index in [0.717, 1.165) is 24.2 Å². The van der Waals surface area contributed by atoms with Crippen LogP contribution in [0.1, 0.15) is 18.4 Å². The van der Waals surface area contributed by atoms with Gasteiger partial charge in [-0.1, -0.05) is 170 Å². The molecule has 0 fully saturated rings. The smallest absolute Gasteiger partial charge is 0.0541 e. The predicted octanol–water partition coefficient (Wildman–Crippen LogP) is 17.9. The molecule has 1 aliphatic carbocycles. The molecule has 2 aromatic heterocycles. The van der Waals surface area contributed by atoms with Gasteiger partial charge < -0.3 is 9.13 Å². The highest BCUT2D eigenvalue weighted by molar-refractivity contribution is 6.12. The molecule has 0 amide bonds. The van der Waals surface area contributed by atoms with Crippen LogP contribution in [0.4, 0.5) is 0 Å². The zero-order valence-corrected chi connectivity index (χ0v) is 37.6. The summed E-state index contributed by atoms with van der Waals surface area (Å²) in [5.74, 6) is 0. The lowest BCUT2D eigenvalue weighted by atomic mass is 9.93. The van der Waals surface area contributed by atoms with Crippen molar-refractivity contribution >= 4 is 49.2 Å². The van der Waals surface area contributed by atoms with Crippen molar-refractivity contribution in [2.75, 3.05) is 0 Å². The van der Waals surface area contributed by atoms with Gasteiger partial charge in [-0.05, 0) is 165 Å². The molecule has 13 rings (SSSR count). The molecular formula is C66H46N2. The van der Waals surface area contributed by atoms with Crippen molar-refractivity contribution in [2.45, 2.75) is 12.8 Å². The summed E-state index contributed by atoms with van der Waals surface area (Å²) >= 11 is 0.